The Hall–Kier alpha value is -2.37. The average molecular weight is 358 g/mol. The van der Waals surface area contributed by atoms with Gasteiger partial charge in [0.15, 0.2) is 0 Å². The molecule has 6 nitrogen and oxygen atoms in total. The summed E-state index contributed by atoms with van der Waals surface area (Å²) in [6.45, 7) is 3.56. The van der Waals surface area contributed by atoms with Crippen LogP contribution in [0.2, 0.25) is 0 Å². The van der Waals surface area contributed by atoms with E-state index in [1.54, 1.807) is 21.9 Å². The first-order chi connectivity index (χ1) is 12.4. The molecule has 6 heteroatoms. The van der Waals surface area contributed by atoms with Crippen LogP contribution in [0.15, 0.2) is 30.3 Å². The highest BCUT2D eigenvalue weighted by Crippen LogP contribution is 2.35. The molecule has 2 aliphatic rings. The normalized spacial score (nSPS) is 26.0. The summed E-state index contributed by atoms with van der Waals surface area (Å²) in [5.74, 6) is -0.927. The topological polar surface area (TPSA) is 77.9 Å². The third-order valence-corrected chi connectivity index (χ3v) is 5.57. The van der Waals surface area contributed by atoms with Gasteiger partial charge in [-0.05, 0) is 44.7 Å². The summed E-state index contributed by atoms with van der Waals surface area (Å²) in [6, 6.07) is 8.90. The number of carboxylic acids is 1. The smallest absolute Gasteiger partial charge is 0.305 e. The van der Waals surface area contributed by atoms with E-state index >= 15 is 0 Å². The van der Waals surface area contributed by atoms with Crippen LogP contribution >= 0.6 is 0 Å². The predicted molar refractivity (Wildman–Crippen MR) is 96.7 cm³/mol. The molecule has 2 saturated heterocycles. The fourth-order valence-electron chi connectivity index (χ4n) is 4.21. The number of hydrogen-bond acceptors (Lipinski definition) is 3. The van der Waals surface area contributed by atoms with Gasteiger partial charge in [0, 0.05) is 31.2 Å². The van der Waals surface area contributed by atoms with Crippen LogP contribution in [0.25, 0.3) is 0 Å². The molecule has 2 amide bonds. The Morgan fingerprint density at radius 3 is 2.58 bits per heavy atom. The summed E-state index contributed by atoms with van der Waals surface area (Å²) in [6.07, 6.45) is 3.07. The lowest BCUT2D eigenvalue weighted by atomic mass is 9.80. The van der Waals surface area contributed by atoms with E-state index in [1.165, 1.54) is 0 Å². The maximum absolute atomic E-state index is 13.2. The van der Waals surface area contributed by atoms with E-state index < -0.39 is 11.4 Å². The number of likely N-dealkylation sites (tertiary alicyclic amines) is 2. The molecule has 0 radical (unpaired) electrons. The number of aliphatic carboxylic acids is 1. The summed E-state index contributed by atoms with van der Waals surface area (Å²) >= 11 is 0. The number of benzene rings is 1. The van der Waals surface area contributed by atoms with Crippen LogP contribution in [0.5, 0.6) is 0 Å². The number of nitrogens with zero attached hydrogens (tertiary/aromatic N) is 2. The van der Waals surface area contributed by atoms with Crippen molar-refractivity contribution in [2.45, 2.75) is 45.1 Å². The Morgan fingerprint density at radius 1 is 1.15 bits per heavy atom. The number of rotatable bonds is 4. The Bertz CT molecular complexity index is 690. The van der Waals surface area contributed by atoms with Crippen molar-refractivity contribution in [3.63, 3.8) is 0 Å². The maximum atomic E-state index is 13.2. The molecule has 1 aromatic carbocycles. The SMILES string of the molecule is CC1(C(=O)N2CCCC2CC(=O)O)CCCN(C(=O)c2ccccc2)C1. The minimum absolute atomic E-state index is 0.00548. The molecule has 0 saturated carbocycles. The highest BCUT2D eigenvalue weighted by molar-refractivity contribution is 5.95. The lowest BCUT2D eigenvalue weighted by Crippen LogP contribution is -2.54. The standard InChI is InChI=1S/C20H26N2O4/c1-20(19(26)22-12-5-9-16(22)13-17(23)24)10-6-11-21(14-20)18(25)15-7-3-2-4-8-15/h2-4,7-8,16H,5-6,9-14H2,1H3,(H,23,24). The zero-order valence-corrected chi connectivity index (χ0v) is 15.2. The van der Waals surface area contributed by atoms with E-state index in [9.17, 15) is 14.4 Å². The van der Waals surface area contributed by atoms with Gasteiger partial charge in [-0.25, -0.2) is 0 Å². The summed E-state index contributed by atoms with van der Waals surface area (Å²) in [7, 11) is 0. The highest BCUT2D eigenvalue weighted by atomic mass is 16.4. The van der Waals surface area contributed by atoms with Crippen LogP contribution in [-0.4, -0.2) is 58.4 Å². The second-order valence-corrected chi connectivity index (χ2v) is 7.65. The highest BCUT2D eigenvalue weighted by Gasteiger charge is 2.44. The first kappa shape index (κ1) is 18.4. The van der Waals surface area contributed by atoms with E-state index in [2.05, 4.69) is 0 Å². The summed E-state index contributed by atoms with van der Waals surface area (Å²) in [5.41, 5.74) is -0.0156. The molecule has 1 N–H and O–H groups in total. The molecule has 0 spiro atoms. The number of hydrogen-bond donors (Lipinski definition) is 1. The van der Waals surface area contributed by atoms with Gasteiger partial charge < -0.3 is 14.9 Å². The summed E-state index contributed by atoms with van der Waals surface area (Å²) in [4.78, 5) is 40.6. The van der Waals surface area contributed by atoms with Gasteiger partial charge in [0.1, 0.15) is 0 Å². The number of carbonyl (C=O) groups excluding carboxylic acids is 2. The summed E-state index contributed by atoms with van der Waals surface area (Å²) in [5, 5.41) is 9.10. The molecule has 2 unspecified atom stereocenters. The molecular weight excluding hydrogens is 332 g/mol. The molecule has 0 aliphatic carbocycles. The molecule has 2 heterocycles. The molecule has 2 aliphatic heterocycles. The van der Waals surface area contributed by atoms with Gasteiger partial charge in [0.2, 0.25) is 5.91 Å². The molecule has 3 rings (SSSR count). The van der Waals surface area contributed by atoms with E-state index in [0.29, 0.717) is 25.2 Å². The summed E-state index contributed by atoms with van der Waals surface area (Å²) < 4.78 is 0. The van der Waals surface area contributed by atoms with Crippen LogP contribution < -0.4 is 0 Å². The van der Waals surface area contributed by atoms with Crippen molar-refractivity contribution in [2.24, 2.45) is 5.41 Å². The van der Waals surface area contributed by atoms with Crippen LogP contribution in [0.4, 0.5) is 0 Å². The molecule has 2 atom stereocenters. The van der Waals surface area contributed by atoms with Gasteiger partial charge in [0.25, 0.3) is 5.91 Å². The van der Waals surface area contributed by atoms with E-state index in [1.807, 2.05) is 25.1 Å². The first-order valence-corrected chi connectivity index (χ1v) is 9.28. The molecule has 26 heavy (non-hydrogen) atoms. The van der Waals surface area contributed by atoms with E-state index in [0.717, 1.165) is 25.7 Å². The second-order valence-electron chi connectivity index (χ2n) is 7.65. The van der Waals surface area contributed by atoms with Gasteiger partial charge in [-0.2, -0.15) is 0 Å². The predicted octanol–water partition coefficient (Wildman–Crippen LogP) is 2.39. The van der Waals surface area contributed by atoms with Gasteiger partial charge in [-0.3, -0.25) is 14.4 Å². The molecule has 0 aromatic heterocycles. The minimum atomic E-state index is -0.871. The zero-order valence-electron chi connectivity index (χ0n) is 15.2. The molecule has 140 valence electrons. The fourth-order valence-corrected chi connectivity index (χ4v) is 4.21. The van der Waals surface area contributed by atoms with Crippen molar-refractivity contribution >= 4 is 17.8 Å². The Kier molecular flexibility index (Phi) is 5.30. The van der Waals surface area contributed by atoms with Gasteiger partial charge in [-0.1, -0.05) is 18.2 Å². The number of piperidine rings is 1. The third kappa shape index (κ3) is 3.74. The molecular formula is C20H26N2O4. The molecule has 2 fully saturated rings. The molecule has 0 bridgehead atoms. The van der Waals surface area contributed by atoms with E-state index in [4.69, 9.17) is 5.11 Å². The van der Waals surface area contributed by atoms with Crippen molar-refractivity contribution in [1.29, 1.82) is 0 Å². The lowest BCUT2D eigenvalue weighted by Gasteiger charge is -2.42. The van der Waals surface area contributed by atoms with Gasteiger partial charge >= 0.3 is 5.97 Å². The average Bonchev–Trinajstić information content (AvgIpc) is 3.08. The van der Waals surface area contributed by atoms with Crippen molar-refractivity contribution in [2.75, 3.05) is 19.6 Å². The Morgan fingerprint density at radius 2 is 1.88 bits per heavy atom. The second kappa shape index (κ2) is 7.48. The largest absolute Gasteiger partial charge is 0.481 e. The number of amides is 2. The first-order valence-electron chi connectivity index (χ1n) is 9.28. The van der Waals surface area contributed by atoms with E-state index in [-0.39, 0.29) is 24.3 Å². The van der Waals surface area contributed by atoms with Crippen molar-refractivity contribution in [3.05, 3.63) is 35.9 Å². The third-order valence-electron chi connectivity index (χ3n) is 5.57. The van der Waals surface area contributed by atoms with Crippen molar-refractivity contribution < 1.29 is 19.5 Å². The monoisotopic (exact) mass is 358 g/mol. The van der Waals surface area contributed by atoms with Gasteiger partial charge in [0.05, 0.1) is 11.8 Å². The Balaban J connectivity index is 1.73. The van der Waals surface area contributed by atoms with Crippen LogP contribution in [0.1, 0.15) is 49.4 Å². The quantitative estimate of drug-likeness (QED) is 0.896. The van der Waals surface area contributed by atoms with Gasteiger partial charge in [-0.15, -0.1) is 0 Å². The lowest BCUT2D eigenvalue weighted by molar-refractivity contribution is -0.146. The van der Waals surface area contributed by atoms with Crippen LogP contribution in [0, 0.1) is 5.41 Å². The maximum Gasteiger partial charge on any atom is 0.305 e. The van der Waals surface area contributed by atoms with Crippen molar-refractivity contribution in [3.8, 4) is 0 Å². The Labute approximate surface area is 153 Å². The van der Waals surface area contributed by atoms with Crippen LogP contribution in [-0.2, 0) is 9.59 Å². The van der Waals surface area contributed by atoms with Crippen LogP contribution in [0.3, 0.4) is 0 Å². The fraction of sp³-hybridized carbons (Fsp3) is 0.550. The van der Waals surface area contributed by atoms with Crippen molar-refractivity contribution in [1.82, 2.24) is 9.80 Å². The zero-order chi connectivity index (χ0) is 18.7. The molecule has 1 aromatic rings. The minimum Gasteiger partial charge on any atom is -0.481 e. The number of carbonyl (C=O) groups is 3. The number of carboxylic acid groups (broad SMARTS) is 1.